The van der Waals surface area contributed by atoms with Gasteiger partial charge >= 0.3 is 0 Å². The van der Waals surface area contributed by atoms with Gasteiger partial charge in [-0.05, 0) is 48.3 Å². The van der Waals surface area contributed by atoms with Crippen LogP contribution in [0.15, 0.2) is 0 Å². The van der Waals surface area contributed by atoms with Crippen LogP contribution in [0.3, 0.4) is 0 Å². The van der Waals surface area contributed by atoms with E-state index in [0.29, 0.717) is 0 Å². The Hall–Kier alpha value is 0. The minimum Gasteiger partial charge on any atom is -0.0468 e. The third-order valence-electron chi connectivity index (χ3n) is 4.09. The van der Waals surface area contributed by atoms with Gasteiger partial charge in [0.25, 0.3) is 0 Å². The van der Waals surface area contributed by atoms with Gasteiger partial charge in [0.05, 0.1) is 0 Å². The SMILES string of the molecule is C1C2CC3C4C(C12)C34. The van der Waals surface area contributed by atoms with Crippen LogP contribution in [-0.2, 0) is 0 Å². The molecule has 5 fully saturated rings. The van der Waals surface area contributed by atoms with Gasteiger partial charge in [0.15, 0.2) is 0 Å². The molecule has 4 atom stereocenters. The van der Waals surface area contributed by atoms with Crippen LogP contribution in [0.4, 0.5) is 0 Å². The summed E-state index contributed by atoms with van der Waals surface area (Å²) in [6, 6.07) is 0. The smallest absolute Gasteiger partial charge is 0.0315 e. The molecule has 0 amide bonds. The molecule has 0 aliphatic heterocycles. The first-order valence-corrected chi connectivity index (χ1v) is 3.97. The lowest BCUT2D eigenvalue weighted by molar-refractivity contribution is 0.319. The van der Waals surface area contributed by atoms with Crippen molar-refractivity contribution in [2.45, 2.75) is 12.8 Å². The number of hydrogen-bond acceptors (Lipinski definition) is 0. The Balaban J connectivity index is 1.88. The topological polar surface area (TPSA) is 0 Å². The zero-order valence-corrected chi connectivity index (χ0v) is 4.88. The van der Waals surface area contributed by atoms with Crippen LogP contribution in [0, 0.1) is 35.5 Å². The molecule has 8 heavy (non-hydrogen) atoms. The van der Waals surface area contributed by atoms with Crippen LogP contribution in [0.5, 0.6) is 0 Å². The van der Waals surface area contributed by atoms with E-state index in [4.69, 9.17) is 0 Å². The molecule has 0 spiro atoms. The van der Waals surface area contributed by atoms with Crippen molar-refractivity contribution in [1.82, 2.24) is 0 Å². The summed E-state index contributed by atoms with van der Waals surface area (Å²) in [5.74, 6) is 7.72. The second-order valence-electron chi connectivity index (χ2n) is 4.29. The fourth-order valence-electron chi connectivity index (χ4n) is 3.49. The highest BCUT2D eigenvalue weighted by molar-refractivity contribution is 5.28. The monoisotopic (exact) mass is 106 g/mol. The van der Waals surface area contributed by atoms with E-state index in [1.807, 2.05) is 0 Å². The maximum absolute atomic E-state index is 1.65. The number of hydrogen-bond donors (Lipinski definition) is 0. The van der Waals surface area contributed by atoms with Crippen molar-refractivity contribution in [1.29, 1.82) is 0 Å². The van der Waals surface area contributed by atoms with Gasteiger partial charge < -0.3 is 0 Å². The zero-order chi connectivity index (χ0) is 4.88. The summed E-state index contributed by atoms with van der Waals surface area (Å²) < 4.78 is 0. The molecule has 5 saturated carbocycles. The van der Waals surface area contributed by atoms with Gasteiger partial charge in [-0.15, -0.1) is 0 Å². The Morgan fingerprint density at radius 2 is 1.38 bits per heavy atom. The van der Waals surface area contributed by atoms with E-state index in [2.05, 4.69) is 0 Å². The van der Waals surface area contributed by atoms with E-state index in [0.717, 1.165) is 0 Å². The average Bonchev–Trinajstić information content (AvgIpc) is 2.61. The van der Waals surface area contributed by atoms with Crippen molar-refractivity contribution >= 4 is 0 Å². The van der Waals surface area contributed by atoms with Gasteiger partial charge in [0.1, 0.15) is 0 Å². The maximum Gasteiger partial charge on any atom is -0.0315 e. The molecule has 0 radical (unpaired) electrons. The molecular formula is C8H10. The molecule has 5 rings (SSSR count). The molecule has 0 nitrogen and oxygen atoms in total. The third kappa shape index (κ3) is 0.167. The fraction of sp³-hybridized carbons (Fsp3) is 1.00. The van der Waals surface area contributed by atoms with E-state index in [1.54, 1.807) is 12.8 Å². The Bertz CT molecular complexity index is 153. The highest BCUT2D eigenvalue weighted by Gasteiger charge is 2.81. The van der Waals surface area contributed by atoms with Crippen LogP contribution in [-0.4, -0.2) is 0 Å². The molecule has 4 unspecified atom stereocenters. The maximum atomic E-state index is 1.65. The lowest BCUT2D eigenvalue weighted by Gasteiger charge is -2.16. The van der Waals surface area contributed by atoms with E-state index in [1.165, 1.54) is 35.5 Å². The van der Waals surface area contributed by atoms with Gasteiger partial charge in [0.2, 0.25) is 0 Å². The van der Waals surface area contributed by atoms with E-state index in [-0.39, 0.29) is 0 Å². The van der Waals surface area contributed by atoms with Crippen molar-refractivity contribution in [2.24, 2.45) is 35.5 Å². The zero-order valence-electron chi connectivity index (χ0n) is 4.88. The molecule has 5 aliphatic carbocycles. The van der Waals surface area contributed by atoms with Gasteiger partial charge in [-0.3, -0.25) is 0 Å². The first-order chi connectivity index (χ1) is 3.97. The standard InChI is InChI=1S/C8H10/c1-3-2-5-7-6(4(1)3)8(5)7/h3-8H,1-2H2. The summed E-state index contributed by atoms with van der Waals surface area (Å²) >= 11 is 0. The Morgan fingerprint density at radius 1 is 0.750 bits per heavy atom. The predicted octanol–water partition coefficient (Wildman–Crippen LogP) is 1.52. The summed E-state index contributed by atoms with van der Waals surface area (Å²) in [6.45, 7) is 0. The average molecular weight is 106 g/mol. The highest BCUT2D eigenvalue weighted by Crippen LogP contribution is 2.86. The second-order valence-corrected chi connectivity index (χ2v) is 4.29. The summed E-state index contributed by atoms with van der Waals surface area (Å²) in [5, 5.41) is 0. The largest absolute Gasteiger partial charge is 0.0468 e. The number of rotatable bonds is 0. The Morgan fingerprint density at radius 3 is 2.00 bits per heavy atom. The van der Waals surface area contributed by atoms with Crippen LogP contribution >= 0.6 is 0 Å². The Kier molecular flexibility index (Phi) is 0.255. The quantitative estimate of drug-likeness (QED) is 0.439. The van der Waals surface area contributed by atoms with E-state index < -0.39 is 0 Å². The Labute approximate surface area is 49.3 Å². The van der Waals surface area contributed by atoms with E-state index >= 15 is 0 Å². The molecule has 0 aromatic carbocycles. The van der Waals surface area contributed by atoms with Gasteiger partial charge in [0, 0.05) is 0 Å². The fourth-order valence-corrected chi connectivity index (χ4v) is 3.49. The van der Waals surface area contributed by atoms with Crippen LogP contribution in [0.1, 0.15) is 12.8 Å². The first kappa shape index (κ1) is 3.24. The summed E-state index contributed by atoms with van der Waals surface area (Å²) in [6.07, 6.45) is 3.28. The molecule has 0 heteroatoms. The lowest BCUT2D eigenvalue weighted by atomic mass is 9.89. The predicted molar refractivity (Wildman–Crippen MR) is 30.2 cm³/mol. The van der Waals surface area contributed by atoms with Crippen molar-refractivity contribution < 1.29 is 0 Å². The molecule has 2 bridgehead atoms. The second kappa shape index (κ2) is 0.630. The van der Waals surface area contributed by atoms with Crippen molar-refractivity contribution in [3.8, 4) is 0 Å². The molecule has 0 heterocycles. The molecule has 0 saturated heterocycles. The molecule has 0 aromatic rings. The lowest BCUT2D eigenvalue weighted by Crippen LogP contribution is -2.10. The van der Waals surface area contributed by atoms with Gasteiger partial charge in [-0.2, -0.15) is 0 Å². The molecule has 42 valence electrons. The van der Waals surface area contributed by atoms with Crippen molar-refractivity contribution in [2.75, 3.05) is 0 Å². The summed E-state index contributed by atoms with van der Waals surface area (Å²) in [7, 11) is 0. The van der Waals surface area contributed by atoms with Crippen LogP contribution in [0.25, 0.3) is 0 Å². The van der Waals surface area contributed by atoms with Crippen molar-refractivity contribution in [3.63, 3.8) is 0 Å². The minimum atomic E-state index is 1.25. The van der Waals surface area contributed by atoms with Gasteiger partial charge in [-0.1, -0.05) is 0 Å². The van der Waals surface area contributed by atoms with E-state index in [9.17, 15) is 0 Å². The molecule has 0 N–H and O–H groups in total. The van der Waals surface area contributed by atoms with Crippen LogP contribution in [0.2, 0.25) is 0 Å². The normalized spacial score (nSPS) is 87.0. The van der Waals surface area contributed by atoms with Gasteiger partial charge in [-0.25, -0.2) is 0 Å². The first-order valence-electron chi connectivity index (χ1n) is 3.97. The minimum absolute atomic E-state index is 1.25. The molecule has 0 aromatic heterocycles. The summed E-state index contributed by atoms with van der Waals surface area (Å²) in [4.78, 5) is 0. The third-order valence-corrected chi connectivity index (χ3v) is 4.09. The van der Waals surface area contributed by atoms with Crippen molar-refractivity contribution in [3.05, 3.63) is 0 Å². The van der Waals surface area contributed by atoms with Crippen LogP contribution < -0.4 is 0 Å². The molecule has 5 aliphatic rings. The molecular weight excluding hydrogens is 96.1 g/mol. The summed E-state index contributed by atoms with van der Waals surface area (Å²) in [5.41, 5.74) is 0. The highest BCUT2D eigenvalue weighted by atomic mass is 14.9.